The van der Waals surface area contributed by atoms with E-state index < -0.39 is 0 Å². The molecule has 0 radical (unpaired) electrons. The summed E-state index contributed by atoms with van der Waals surface area (Å²) in [4.78, 5) is 14.1. The molecule has 5 heteroatoms. The topological polar surface area (TPSA) is 29.1 Å². The quantitative estimate of drug-likeness (QED) is 0.831. The minimum absolute atomic E-state index is 0.0425. The lowest BCUT2D eigenvalue weighted by Gasteiger charge is -2.11. The fourth-order valence-corrected chi connectivity index (χ4v) is 3.14. The molecule has 1 heterocycles. The number of carbonyl (C=O) groups is 1. The Balaban J connectivity index is 1.80. The summed E-state index contributed by atoms with van der Waals surface area (Å²) in [6.45, 7) is 2.00. The number of hydrogen-bond donors (Lipinski definition) is 1. The first-order valence-corrected chi connectivity index (χ1v) is 8.10. The second-order valence-electron chi connectivity index (χ2n) is 4.05. The molecule has 1 amide bonds. The zero-order valence-corrected chi connectivity index (χ0v) is 12.8. The Kier molecular flexibility index (Phi) is 5.31. The predicted octanol–water partition coefficient (Wildman–Crippen LogP) is 4.37. The van der Waals surface area contributed by atoms with Crippen LogP contribution in [0.2, 0.25) is 5.02 Å². The van der Waals surface area contributed by atoms with Crippen molar-refractivity contribution in [2.24, 2.45) is 0 Å². The first-order valence-electron chi connectivity index (χ1n) is 5.86. The Morgan fingerprint density at radius 1 is 1.37 bits per heavy atom. The van der Waals surface area contributed by atoms with Crippen LogP contribution in [-0.4, -0.2) is 11.7 Å². The molecule has 0 aliphatic carbocycles. The number of thiophene rings is 1. The summed E-state index contributed by atoms with van der Waals surface area (Å²) in [7, 11) is 0. The van der Waals surface area contributed by atoms with Crippen molar-refractivity contribution in [3.05, 3.63) is 51.7 Å². The van der Waals surface area contributed by atoms with Crippen LogP contribution in [0.4, 0.5) is 0 Å². The average molecular weight is 312 g/mol. The maximum absolute atomic E-state index is 11.8. The van der Waals surface area contributed by atoms with Crippen LogP contribution >= 0.6 is 34.7 Å². The van der Waals surface area contributed by atoms with Gasteiger partial charge in [-0.25, -0.2) is 0 Å². The van der Waals surface area contributed by atoms with Crippen LogP contribution in [0.25, 0.3) is 0 Å². The summed E-state index contributed by atoms with van der Waals surface area (Å²) in [5.74, 6) is 0.456. The highest BCUT2D eigenvalue weighted by atomic mass is 35.5. The zero-order valence-electron chi connectivity index (χ0n) is 10.4. The molecule has 0 bridgehead atoms. The maximum Gasteiger partial charge on any atom is 0.230 e. The van der Waals surface area contributed by atoms with Crippen LogP contribution in [0.5, 0.6) is 0 Å². The second kappa shape index (κ2) is 6.98. The van der Waals surface area contributed by atoms with E-state index in [1.807, 2.05) is 48.7 Å². The van der Waals surface area contributed by atoms with E-state index in [0.717, 1.165) is 4.90 Å². The van der Waals surface area contributed by atoms with Gasteiger partial charge in [0.15, 0.2) is 0 Å². The summed E-state index contributed by atoms with van der Waals surface area (Å²) in [6, 6.07) is 11.6. The summed E-state index contributed by atoms with van der Waals surface area (Å²) in [6.07, 6.45) is 0. The SMILES string of the molecule is C[C@@H](NC(=O)CSc1ccc(Cl)cc1)c1cccs1. The largest absolute Gasteiger partial charge is 0.348 e. The third-order valence-electron chi connectivity index (χ3n) is 2.53. The van der Waals surface area contributed by atoms with Crippen molar-refractivity contribution < 1.29 is 4.79 Å². The van der Waals surface area contributed by atoms with E-state index in [2.05, 4.69) is 5.32 Å². The normalized spacial score (nSPS) is 12.1. The van der Waals surface area contributed by atoms with Gasteiger partial charge in [0.25, 0.3) is 0 Å². The molecule has 0 spiro atoms. The van der Waals surface area contributed by atoms with Gasteiger partial charge in [-0.05, 0) is 42.6 Å². The van der Waals surface area contributed by atoms with Crippen LogP contribution in [0, 0.1) is 0 Å². The summed E-state index contributed by atoms with van der Waals surface area (Å²) < 4.78 is 0. The number of rotatable bonds is 5. The standard InChI is InChI=1S/C14H14ClNOS2/c1-10(13-3-2-8-18-13)16-14(17)9-19-12-6-4-11(15)5-7-12/h2-8,10H,9H2,1H3,(H,16,17)/t10-/m1/s1. The highest BCUT2D eigenvalue weighted by Crippen LogP contribution is 2.21. The molecule has 2 aromatic rings. The summed E-state index contributed by atoms with van der Waals surface area (Å²) in [5, 5.41) is 5.71. The Morgan fingerprint density at radius 2 is 2.11 bits per heavy atom. The number of carbonyl (C=O) groups excluding carboxylic acids is 1. The van der Waals surface area contributed by atoms with Crippen molar-refractivity contribution in [3.8, 4) is 0 Å². The third kappa shape index (κ3) is 4.56. The average Bonchev–Trinajstić information content (AvgIpc) is 2.92. The summed E-state index contributed by atoms with van der Waals surface area (Å²) in [5.41, 5.74) is 0. The molecule has 0 aliphatic heterocycles. The molecule has 0 fully saturated rings. The smallest absolute Gasteiger partial charge is 0.230 e. The molecular weight excluding hydrogens is 298 g/mol. The van der Waals surface area contributed by atoms with E-state index >= 15 is 0 Å². The fraction of sp³-hybridized carbons (Fsp3) is 0.214. The molecular formula is C14H14ClNOS2. The highest BCUT2D eigenvalue weighted by molar-refractivity contribution is 8.00. The molecule has 1 N–H and O–H groups in total. The molecule has 2 rings (SSSR count). The maximum atomic E-state index is 11.8. The van der Waals surface area contributed by atoms with Crippen molar-refractivity contribution >= 4 is 40.6 Å². The summed E-state index contributed by atoms with van der Waals surface area (Å²) >= 11 is 8.97. The van der Waals surface area contributed by atoms with Crippen LogP contribution in [0.1, 0.15) is 17.8 Å². The lowest BCUT2D eigenvalue weighted by molar-refractivity contribution is -0.119. The van der Waals surface area contributed by atoms with Gasteiger partial charge in [0.1, 0.15) is 0 Å². The monoisotopic (exact) mass is 311 g/mol. The zero-order chi connectivity index (χ0) is 13.7. The first kappa shape index (κ1) is 14.4. The lowest BCUT2D eigenvalue weighted by atomic mass is 10.3. The van der Waals surface area contributed by atoms with Crippen LogP contribution in [0.3, 0.4) is 0 Å². The number of halogens is 1. The van der Waals surface area contributed by atoms with E-state index in [1.165, 1.54) is 16.6 Å². The van der Waals surface area contributed by atoms with E-state index in [4.69, 9.17) is 11.6 Å². The van der Waals surface area contributed by atoms with Gasteiger partial charge in [-0.1, -0.05) is 17.7 Å². The molecule has 0 saturated heterocycles. The van der Waals surface area contributed by atoms with Gasteiger partial charge in [-0.2, -0.15) is 0 Å². The number of hydrogen-bond acceptors (Lipinski definition) is 3. The van der Waals surface area contributed by atoms with Crippen molar-refractivity contribution in [1.29, 1.82) is 0 Å². The van der Waals surface area contributed by atoms with Crippen molar-refractivity contribution in [1.82, 2.24) is 5.32 Å². The van der Waals surface area contributed by atoms with Gasteiger partial charge < -0.3 is 5.32 Å². The fourth-order valence-electron chi connectivity index (χ4n) is 1.57. The van der Waals surface area contributed by atoms with Gasteiger partial charge in [0.2, 0.25) is 5.91 Å². The van der Waals surface area contributed by atoms with Crippen molar-refractivity contribution in [2.45, 2.75) is 17.9 Å². The minimum Gasteiger partial charge on any atom is -0.348 e. The molecule has 1 aromatic carbocycles. The van der Waals surface area contributed by atoms with Crippen LogP contribution < -0.4 is 5.32 Å². The van der Waals surface area contributed by atoms with Gasteiger partial charge in [0.05, 0.1) is 11.8 Å². The van der Waals surface area contributed by atoms with Crippen molar-refractivity contribution in [3.63, 3.8) is 0 Å². The number of benzene rings is 1. The molecule has 100 valence electrons. The van der Waals surface area contributed by atoms with Gasteiger partial charge in [0, 0.05) is 14.8 Å². The van der Waals surface area contributed by atoms with E-state index in [0.29, 0.717) is 10.8 Å². The molecule has 0 unspecified atom stereocenters. The number of nitrogens with one attached hydrogen (secondary N) is 1. The Morgan fingerprint density at radius 3 is 2.74 bits per heavy atom. The Hall–Kier alpha value is -0.970. The predicted molar refractivity (Wildman–Crippen MR) is 83.1 cm³/mol. The third-order valence-corrected chi connectivity index (χ3v) is 4.85. The molecule has 1 aromatic heterocycles. The van der Waals surface area contributed by atoms with Gasteiger partial charge in [-0.3, -0.25) is 4.79 Å². The minimum atomic E-state index is 0.0425. The molecule has 0 saturated carbocycles. The second-order valence-corrected chi connectivity index (χ2v) is 6.51. The van der Waals surface area contributed by atoms with Crippen LogP contribution in [0.15, 0.2) is 46.7 Å². The molecule has 19 heavy (non-hydrogen) atoms. The molecule has 0 aliphatic rings. The lowest BCUT2D eigenvalue weighted by Crippen LogP contribution is -2.27. The molecule has 1 atom stereocenters. The van der Waals surface area contributed by atoms with Crippen molar-refractivity contribution in [2.75, 3.05) is 5.75 Å². The van der Waals surface area contributed by atoms with Crippen LogP contribution in [-0.2, 0) is 4.79 Å². The van der Waals surface area contributed by atoms with Gasteiger partial charge in [-0.15, -0.1) is 23.1 Å². The Bertz CT molecular complexity index is 525. The number of amides is 1. The van der Waals surface area contributed by atoms with E-state index in [-0.39, 0.29) is 11.9 Å². The highest BCUT2D eigenvalue weighted by Gasteiger charge is 2.10. The number of thioether (sulfide) groups is 1. The van der Waals surface area contributed by atoms with Gasteiger partial charge >= 0.3 is 0 Å². The Labute approximate surface area is 126 Å². The first-order chi connectivity index (χ1) is 9.15. The molecule has 2 nitrogen and oxygen atoms in total. The van der Waals surface area contributed by atoms with E-state index in [9.17, 15) is 4.79 Å². The van der Waals surface area contributed by atoms with E-state index in [1.54, 1.807) is 11.3 Å².